The number of benzene rings is 1. The number of carbonyl (C=O) groups is 1. The highest BCUT2D eigenvalue weighted by atomic mass is 16.2. The molecule has 45 heavy (non-hydrogen) atoms. The molecule has 4 N–H and O–H groups in total. The maximum Gasteiger partial charge on any atom is 0.320 e. The highest BCUT2D eigenvalue weighted by molar-refractivity contribution is 5.90. The van der Waals surface area contributed by atoms with Gasteiger partial charge in [0.15, 0.2) is 0 Å². The van der Waals surface area contributed by atoms with Gasteiger partial charge >= 0.3 is 6.03 Å². The van der Waals surface area contributed by atoms with Crippen LogP contribution in [0.15, 0.2) is 78.0 Å². The summed E-state index contributed by atoms with van der Waals surface area (Å²) in [4.78, 5) is 13.3. The maximum atomic E-state index is 13.3. The molecule has 1 atom stereocenters. The Morgan fingerprint density at radius 1 is 1.13 bits per heavy atom. The average molecular weight is 615 g/mol. The van der Waals surface area contributed by atoms with Crippen LogP contribution in [-0.2, 0) is 0 Å². The van der Waals surface area contributed by atoms with E-state index >= 15 is 0 Å². The van der Waals surface area contributed by atoms with E-state index in [-0.39, 0.29) is 12.1 Å². The molecule has 2 aromatic rings. The predicted octanol–water partition coefficient (Wildman–Crippen LogP) is 8.92. The Hall–Kier alpha value is -3.58. The summed E-state index contributed by atoms with van der Waals surface area (Å²) in [6, 6.07) is 11.8. The van der Waals surface area contributed by atoms with Crippen molar-refractivity contribution in [3.05, 3.63) is 83.7 Å². The molecule has 1 saturated carbocycles. The van der Waals surface area contributed by atoms with Crippen molar-refractivity contribution >= 4 is 17.4 Å². The summed E-state index contributed by atoms with van der Waals surface area (Å²) in [5.74, 6) is 1.58. The summed E-state index contributed by atoms with van der Waals surface area (Å²) in [5.41, 5.74) is 6.10. The van der Waals surface area contributed by atoms with Crippen molar-refractivity contribution in [1.82, 2.24) is 25.7 Å². The lowest BCUT2D eigenvalue weighted by Gasteiger charge is -2.25. The van der Waals surface area contributed by atoms with Gasteiger partial charge < -0.3 is 16.0 Å². The molecular weight excluding hydrogens is 556 g/mol. The van der Waals surface area contributed by atoms with Crippen LogP contribution in [0.25, 0.3) is 11.3 Å². The first-order valence-electron chi connectivity index (χ1n) is 17.2. The molecule has 1 fully saturated rings. The second-order valence-electron chi connectivity index (χ2n) is 12.5. The van der Waals surface area contributed by atoms with Gasteiger partial charge in [0.2, 0.25) is 0 Å². The molecule has 7 nitrogen and oxygen atoms in total. The van der Waals surface area contributed by atoms with Crippen LogP contribution in [0.1, 0.15) is 105 Å². The van der Waals surface area contributed by atoms with E-state index in [2.05, 4.69) is 73.8 Å². The summed E-state index contributed by atoms with van der Waals surface area (Å²) in [5, 5.41) is 18.5. The Morgan fingerprint density at radius 3 is 2.56 bits per heavy atom. The van der Waals surface area contributed by atoms with E-state index in [1.54, 1.807) is 0 Å². The van der Waals surface area contributed by atoms with Gasteiger partial charge in [0.1, 0.15) is 5.82 Å². The fraction of sp³-hybridized carbons (Fsp3) is 0.526. The summed E-state index contributed by atoms with van der Waals surface area (Å²) >= 11 is 0. The lowest BCUT2D eigenvalue weighted by atomic mass is 9.82. The quantitative estimate of drug-likeness (QED) is 0.0682. The highest BCUT2D eigenvalue weighted by Gasteiger charge is 2.18. The molecule has 2 amide bonds. The summed E-state index contributed by atoms with van der Waals surface area (Å²) in [6.45, 7) is 17.4. The van der Waals surface area contributed by atoms with Crippen molar-refractivity contribution < 1.29 is 4.79 Å². The number of nitrogens with one attached hydrogen (secondary N) is 4. The Kier molecular flexibility index (Phi) is 15.7. The second kappa shape index (κ2) is 19.7. The normalized spacial score (nSPS) is 15.0. The smallest absolute Gasteiger partial charge is 0.320 e. The Balaban J connectivity index is 1.80. The maximum absolute atomic E-state index is 13.3. The third-order valence-electron chi connectivity index (χ3n) is 8.43. The van der Waals surface area contributed by atoms with Gasteiger partial charge in [-0.2, -0.15) is 5.10 Å². The van der Waals surface area contributed by atoms with Crippen LogP contribution in [-0.4, -0.2) is 41.5 Å². The van der Waals surface area contributed by atoms with E-state index in [1.807, 2.05) is 48.0 Å². The number of rotatable bonds is 20. The van der Waals surface area contributed by atoms with Crippen LogP contribution in [0, 0.1) is 5.92 Å². The number of anilines is 1. The number of allylic oxidation sites excluding steroid dienone is 5. The Labute approximate surface area is 272 Å². The number of para-hydroxylation sites is 1. The van der Waals surface area contributed by atoms with Crippen molar-refractivity contribution in [2.24, 2.45) is 5.92 Å². The first kappa shape index (κ1) is 35.9. The molecule has 1 aliphatic rings. The first-order chi connectivity index (χ1) is 21.8. The summed E-state index contributed by atoms with van der Waals surface area (Å²) < 4.78 is 1.82. The number of amides is 2. The molecule has 246 valence electrons. The molecule has 0 radical (unpaired) electrons. The van der Waals surface area contributed by atoms with Gasteiger partial charge in [0, 0.05) is 29.9 Å². The summed E-state index contributed by atoms with van der Waals surface area (Å²) in [7, 11) is 0. The topological polar surface area (TPSA) is 83.0 Å². The SMILES string of the molecule is C=C(C)CNC(/C=C(\C=C/CC)c1cc(NC(=O)N[C@@H](CC)CCNCCCC2CCC2)n(-c2ccccc2)n1)=C(/C)CCC. The minimum absolute atomic E-state index is 0.0910. The van der Waals surface area contributed by atoms with Crippen molar-refractivity contribution in [3.63, 3.8) is 0 Å². The molecule has 0 unspecified atom stereocenters. The zero-order valence-corrected chi connectivity index (χ0v) is 28.6. The third-order valence-corrected chi connectivity index (χ3v) is 8.43. The monoisotopic (exact) mass is 614 g/mol. The number of hydrogen-bond donors (Lipinski definition) is 4. The number of nitrogens with zero attached hydrogens (tertiary/aromatic N) is 2. The molecule has 0 spiro atoms. The molecule has 7 heteroatoms. The van der Waals surface area contributed by atoms with Crippen LogP contribution in [0.5, 0.6) is 0 Å². The van der Waals surface area contributed by atoms with Crippen LogP contribution in [0.2, 0.25) is 0 Å². The number of hydrogen-bond acceptors (Lipinski definition) is 4. The van der Waals surface area contributed by atoms with E-state index < -0.39 is 0 Å². The number of urea groups is 1. The Bertz CT molecular complexity index is 1280. The molecule has 0 aliphatic heterocycles. The molecule has 1 aromatic carbocycles. The van der Waals surface area contributed by atoms with Gasteiger partial charge in [-0.05, 0) is 89.6 Å². The van der Waals surface area contributed by atoms with E-state index in [4.69, 9.17) is 5.10 Å². The lowest BCUT2D eigenvalue weighted by Crippen LogP contribution is -2.39. The van der Waals surface area contributed by atoms with E-state index in [9.17, 15) is 4.79 Å². The van der Waals surface area contributed by atoms with Crippen molar-refractivity contribution in [2.75, 3.05) is 25.0 Å². The van der Waals surface area contributed by atoms with Crippen LogP contribution < -0.4 is 21.3 Å². The van der Waals surface area contributed by atoms with Crippen molar-refractivity contribution in [3.8, 4) is 5.69 Å². The van der Waals surface area contributed by atoms with Crippen LogP contribution in [0.4, 0.5) is 10.6 Å². The van der Waals surface area contributed by atoms with Gasteiger partial charge in [-0.3, -0.25) is 5.32 Å². The van der Waals surface area contributed by atoms with Crippen molar-refractivity contribution in [2.45, 2.75) is 105 Å². The van der Waals surface area contributed by atoms with E-state index in [0.717, 1.165) is 79.3 Å². The fourth-order valence-electron chi connectivity index (χ4n) is 5.48. The average Bonchev–Trinajstić information content (AvgIpc) is 3.42. The van der Waals surface area contributed by atoms with Crippen LogP contribution in [0.3, 0.4) is 0 Å². The number of aromatic nitrogens is 2. The predicted molar refractivity (Wildman–Crippen MR) is 192 cm³/mol. The van der Waals surface area contributed by atoms with Gasteiger partial charge in [0.05, 0.1) is 11.4 Å². The minimum atomic E-state index is -0.215. The van der Waals surface area contributed by atoms with Gasteiger partial charge in [0.25, 0.3) is 0 Å². The third kappa shape index (κ3) is 12.4. The van der Waals surface area contributed by atoms with E-state index in [0.29, 0.717) is 12.4 Å². The van der Waals surface area contributed by atoms with E-state index in [1.165, 1.54) is 37.7 Å². The zero-order chi connectivity index (χ0) is 32.4. The minimum Gasteiger partial charge on any atom is -0.381 e. The van der Waals surface area contributed by atoms with Gasteiger partial charge in [-0.25, -0.2) is 9.48 Å². The molecule has 1 heterocycles. The second-order valence-corrected chi connectivity index (χ2v) is 12.5. The molecular formula is C38H58N6O. The summed E-state index contributed by atoms with van der Waals surface area (Å²) in [6.07, 6.45) is 18.0. The zero-order valence-electron chi connectivity index (χ0n) is 28.6. The highest BCUT2D eigenvalue weighted by Crippen LogP contribution is 2.30. The number of carbonyl (C=O) groups excluding carboxylic acids is 1. The molecule has 1 aliphatic carbocycles. The van der Waals surface area contributed by atoms with Gasteiger partial charge in [-0.15, -0.1) is 0 Å². The molecule has 0 saturated heterocycles. The lowest BCUT2D eigenvalue weighted by molar-refractivity contribution is 0.247. The van der Waals surface area contributed by atoms with Crippen molar-refractivity contribution in [1.29, 1.82) is 0 Å². The fourth-order valence-corrected chi connectivity index (χ4v) is 5.48. The molecule has 1 aromatic heterocycles. The van der Waals surface area contributed by atoms with Gasteiger partial charge in [-0.1, -0.05) is 94.5 Å². The molecule has 3 rings (SSSR count). The van der Waals surface area contributed by atoms with Crippen LogP contribution >= 0.6 is 0 Å². The first-order valence-corrected chi connectivity index (χ1v) is 17.2. The Morgan fingerprint density at radius 2 is 1.91 bits per heavy atom. The molecule has 0 bridgehead atoms. The largest absolute Gasteiger partial charge is 0.381 e. The standard InChI is InChI=1S/C38H58N6O/c1-7-10-20-32(26-35(30(6)16-8-2)40-28-29(4)5)36-27-37(44(43-36)34-21-12-11-13-22-34)42-38(45)41-33(9-3)23-25-39-24-15-19-31-17-14-18-31/h10-13,20-22,26-27,31,33,39-40H,4,7-9,14-19,23-25,28H2,1-3,5-6H3,(H2,41,42,45)/b20-10-,32-26+,35-30-/t33-/m0/s1.